The van der Waals surface area contributed by atoms with Crippen molar-refractivity contribution in [3.8, 4) is 0 Å². The molecule has 0 saturated heterocycles. The van der Waals surface area contributed by atoms with Gasteiger partial charge in [-0.2, -0.15) is 11.8 Å². The predicted molar refractivity (Wildman–Crippen MR) is 89.7 cm³/mol. The number of nitrogens with one attached hydrogen (secondary N) is 1. The standard InChI is InChI=1S/C15H23Cl2NS/c1-5-8-18-14(10-19-15(2,3)4)11-6-7-12(16)13(17)9-11/h6-7,9,14,18H,5,8,10H2,1-4H3. The van der Waals surface area contributed by atoms with E-state index in [1.165, 1.54) is 5.56 Å². The molecule has 0 aliphatic rings. The molecule has 1 rings (SSSR count). The summed E-state index contributed by atoms with van der Waals surface area (Å²) in [5.41, 5.74) is 1.21. The van der Waals surface area contributed by atoms with Gasteiger partial charge >= 0.3 is 0 Å². The fourth-order valence-corrected chi connectivity index (χ4v) is 2.94. The zero-order chi connectivity index (χ0) is 14.5. The largest absolute Gasteiger partial charge is 0.309 e. The topological polar surface area (TPSA) is 12.0 Å². The molecule has 0 radical (unpaired) electrons. The number of hydrogen-bond donors (Lipinski definition) is 1. The highest BCUT2D eigenvalue weighted by Gasteiger charge is 2.17. The Morgan fingerprint density at radius 2 is 1.89 bits per heavy atom. The Morgan fingerprint density at radius 1 is 1.21 bits per heavy atom. The van der Waals surface area contributed by atoms with Crippen LogP contribution in [0.4, 0.5) is 0 Å². The van der Waals surface area contributed by atoms with Crippen molar-refractivity contribution in [1.82, 2.24) is 5.32 Å². The third-order valence-corrected chi connectivity index (χ3v) is 4.77. The van der Waals surface area contributed by atoms with E-state index in [0.29, 0.717) is 16.1 Å². The lowest BCUT2D eigenvalue weighted by Gasteiger charge is -2.24. The second kappa shape index (κ2) is 7.78. The summed E-state index contributed by atoms with van der Waals surface area (Å²) in [5.74, 6) is 1.03. The van der Waals surface area contributed by atoms with Gasteiger partial charge in [-0.15, -0.1) is 0 Å². The van der Waals surface area contributed by atoms with Crippen molar-refractivity contribution >= 4 is 35.0 Å². The molecule has 4 heteroatoms. The lowest BCUT2D eigenvalue weighted by molar-refractivity contribution is 0.575. The van der Waals surface area contributed by atoms with Crippen LogP contribution in [0.15, 0.2) is 18.2 Å². The first-order chi connectivity index (χ1) is 8.83. The monoisotopic (exact) mass is 319 g/mol. The average Bonchev–Trinajstić information content (AvgIpc) is 2.32. The van der Waals surface area contributed by atoms with Gasteiger partial charge in [-0.1, -0.05) is 57.0 Å². The summed E-state index contributed by atoms with van der Waals surface area (Å²) >= 11 is 14.1. The van der Waals surface area contributed by atoms with E-state index in [0.717, 1.165) is 18.7 Å². The third-order valence-electron chi connectivity index (χ3n) is 2.67. The Balaban J connectivity index is 2.79. The second-order valence-electron chi connectivity index (χ2n) is 5.60. The highest BCUT2D eigenvalue weighted by Crippen LogP contribution is 2.31. The van der Waals surface area contributed by atoms with Crippen LogP contribution in [-0.4, -0.2) is 17.0 Å². The molecule has 0 amide bonds. The van der Waals surface area contributed by atoms with Crippen LogP contribution in [-0.2, 0) is 0 Å². The van der Waals surface area contributed by atoms with Gasteiger partial charge < -0.3 is 5.32 Å². The molecule has 0 bridgehead atoms. The van der Waals surface area contributed by atoms with E-state index >= 15 is 0 Å². The number of benzene rings is 1. The zero-order valence-electron chi connectivity index (χ0n) is 12.1. The van der Waals surface area contributed by atoms with Gasteiger partial charge in [-0.05, 0) is 30.7 Å². The Labute approximate surface area is 131 Å². The molecular formula is C15H23Cl2NS. The van der Waals surface area contributed by atoms with Crippen molar-refractivity contribution in [2.75, 3.05) is 12.3 Å². The molecule has 108 valence electrons. The van der Waals surface area contributed by atoms with Crippen molar-refractivity contribution in [2.24, 2.45) is 0 Å². The molecule has 0 saturated carbocycles. The first-order valence-corrected chi connectivity index (χ1v) is 8.40. The van der Waals surface area contributed by atoms with Crippen LogP contribution in [0.1, 0.15) is 45.7 Å². The zero-order valence-corrected chi connectivity index (χ0v) is 14.4. The Kier molecular flexibility index (Phi) is 7.02. The lowest BCUT2D eigenvalue weighted by atomic mass is 10.1. The number of thioether (sulfide) groups is 1. The fraction of sp³-hybridized carbons (Fsp3) is 0.600. The summed E-state index contributed by atoms with van der Waals surface area (Å²) in [7, 11) is 0. The van der Waals surface area contributed by atoms with Crippen molar-refractivity contribution in [3.63, 3.8) is 0 Å². The van der Waals surface area contributed by atoms with E-state index in [9.17, 15) is 0 Å². The van der Waals surface area contributed by atoms with Crippen molar-refractivity contribution in [3.05, 3.63) is 33.8 Å². The van der Waals surface area contributed by atoms with Gasteiger partial charge in [0, 0.05) is 16.5 Å². The third kappa shape index (κ3) is 6.40. The van der Waals surface area contributed by atoms with Crippen LogP contribution in [0.5, 0.6) is 0 Å². The minimum atomic E-state index is 0.266. The minimum absolute atomic E-state index is 0.266. The van der Waals surface area contributed by atoms with Crippen LogP contribution in [0.2, 0.25) is 10.0 Å². The van der Waals surface area contributed by atoms with Crippen molar-refractivity contribution in [2.45, 2.75) is 44.9 Å². The molecule has 1 N–H and O–H groups in total. The van der Waals surface area contributed by atoms with E-state index in [2.05, 4.69) is 39.1 Å². The first-order valence-electron chi connectivity index (χ1n) is 6.66. The minimum Gasteiger partial charge on any atom is -0.309 e. The van der Waals surface area contributed by atoms with Gasteiger partial charge in [-0.25, -0.2) is 0 Å². The molecule has 1 nitrogen and oxygen atoms in total. The van der Waals surface area contributed by atoms with Crippen LogP contribution in [0.25, 0.3) is 0 Å². The molecule has 0 aliphatic heterocycles. The molecule has 1 aromatic rings. The number of hydrogen-bond acceptors (Lipinski definition) is 2. The number of halogens is 2. The molecule has 0 spiro atoms. The van der Waals surface area contributed by atoms with Crippen LogP contribution in [0, 0.1) is 0 Å². The van der Waals surface area contributed by atoms with Gasteiger partial charge in [0.15, 0.2) is 0 Å². The van der Waals surface area contributed by atoms with Gasteiger partial charge in [-0.3, -0.25) is 0 Å². The van der Waals surface area contributed by atoms with E-state index in [1.54, 1.807) is 0 Å². The summed E-state index contributed by atoms with van der Waals surface area (Å²) in [6, 6.07) is 6.23. The average molecular weight is 320 g/mol. The molecule has 1 atom stereocenters. The van der Waals surface area contributed by atoms with Crippen molar-refractivity contribution < 1.29 is 0 Å². The molecule has 1 aromatic carbocycles. The van der Waals surface area contributed by atoms with E-state index in [-0.39, 0.29) is 4.75 Å². The van der Waals surface area contributed by atoms with E-state index in [4.69, 9.17) is 23.2 Å². The second-order valence-corrected chi connectivity index (χ2v) is 8.26. The highest BCUT2D eigenvalue weighted by atomic mass is 35.5. The van der Waals surface area contributed by atoms with Gasteiger partial charge in [0.1, 0.15) is 0 Å². The van der Waals surface area contributed by atoms with Crippen LogP contribution < -0.4 is 5.32 Å². The first kappa shape index (κ1) is 17.2. The molecule has 0 aliphatic carbocycles. The lowest BCUT2D eigenvalue weighted by Crippen LogP contribution is -2.26. The predicted octanol–water partition coefficient (Wildman–Crippen LogP) is 5.57. The quantitative estimate of drug-likeness (QED) is 0.736. The molecular weight excluding hydrogens is 297 g/mol. The normalized spacial score (nSPS) is 13.6. The summed E-state index contributed by atoms with van der Waals surface area (Å²) in [5, 5.41) is 4.82. The van der Waals surface area contributed by atoms with Gasteiger partial charge in [0.25, 0.3) is 0 Å². The smallest absolute Gasteiger partial charge is 0.0595 e. The molecule has 0 aromatic heterocycles. The molecule has 1 unspecified atom stereocenters. The summed E-state index contributed by atoms with van der Waals surface area (Å²) < 4.78 is 0.266. The summed E-state index contributed by atoms with van der Waals surface area (Å²) in [6.45, 7) is 9.90. The summed E-state index contributed by atoms with van der Waals surface area (Å²) in [4.78, 5) is 0. The number of rotatable bonds is 6. The van der Waals surface area contributed by atoms with Gasteiger partial charge in [0.2, 0.25) is 0 Å². The van der Waals surface area contributed by atoms with E-state index in [1.807, 2.05) is 23.9 Å². The van der Waals surface area contributed by atoms with E-state index < -0.39 is 0 Å². The summed E-state index contributed by atoms with van der Waals surface area (Å²) in [6.07, 6.45) is 1.12. The Bertz CT molecular complexity index is 402. The van der Waals surface area contributed by atoms with Gasteiger partial charge in [0.05, 0.1) is 10.0 Å². The van der Waals surface area contributed by atoms with Crippen LogP contribution >= 0.6 is 35.0 Å². The Morgan fingerprint density at radius 3 is 2.42 bits per heavy atom. The maximum absolute atomic E-state index is 6.12. The maximum atomic E-state index is 6.12. The Hall–Kier alpha value is 0.110. The van der Waals surface area contributed by atoms with Crippen LogP contribution in [0.3, 0.4) is 0 Å². The highest BCUT2D eigenvalue weighted by molar-refractivity contribution is 8.00. The molecule has 0 fully saturated rings. The SMILES string of the molecule is CCCNC(CSC(C)(C)C)c1ccc(Cl)c(Cl)c1. The molecule has 19 heavy (non-hydrogen) atoms. The fourth-order valence-electron chi connectivity index (χ4n) is 1.65. The molecule has 0 heterocycles. The van der Waals surface area contributed by atoms with Crippen molar-refractivity contribution in [1.29, 1.82) is 0 Å². The maximum Gasteiger partial charge on any atom is 0.0595 e.